The Kier molecular flexibility index (Phi) is 48.8. The Morgan fingerprint density at radius 2 is 0.473 bits per heavy atom. The number of benzene rings is 3. The second kappa shape index (κ2) is 56.3. The standard InChI is InChI=1S/C81H129N13O18/c1-64(2)28-34-83-52-71(96)90(41-47-108-8)59-72(97)87(38-32-68-24-18-14-19-25-68)57-80(105)91(42-48-109-9)60-73(98)85(36-30-66(5)6)56-79(104)94(45-51-112-12)63-76(101)88(39-33-69-26-20-15-21-27-69)58-81(106)92(43-49-110-10)61-74(99)84(35-29-65(3)4)55-78(103)93(44-50-111-11)62-75(100)86(37-31-67-22-16-13-17-23-67)54-77(102)89(40-46-107-7)53-70(82)95/h13-27,64-66,83H,28-63H2,1-12H3,(H2,82,95). The van der Waals surface area contributed by atoms with Gasteiger partial charge in [-0.1, -0.05) is 133 Å². The molecule has 31 nitrogen and oxygen atoms in total. The highest BCUT2D eigenvalue weighted by molar-refractivity contribution is 5.95. The first kappa shape index (κ1) is 97.2. The van der Waals surface area contributed by atoms with Crippen molar-refractivity contribution in [1.29, 1.82) is 0 Å². The summed E-state index contributed by atoms with van der Waals surface area (Å²) in [6.45, 7) is 7.40. The third kappa shape index (κ3) is 40.0. The van der Waals surface area contributed by atoms with Crippen LogP contribution in [-0.2, 0) is 105 Å². The molecule has 0 atom stereocenters. The molecule has 0 radical (unpaired) electrons. The van der Waals surface area contributed by atoms with Gasteiger partial charge >= 0.3 is 0 Å². The monoisotopic (exact) mass is 1570 g/mol. The van der Waals surface area contributed by atoms with Crippen LogP contribution in [-0.4, -0.2) is 364 Å². The third-order valence-corrected chi connectivity index (χ3v) is 18.5. The maximum absolute atomic E-state index is 15.1. The topological polar surface area (TPSA) is 334 Å². The fraction of sp³-hybridized carbons (Fsp3) is 0.630. The van der Waals surface area contributed by atoms with Gasteiger partial charge in [-0.3, -0.25) is 57.5 Å². The van der Waals surface area contributed by atoms with Crippen molar-refractivity contribution < 1.29 is 86.0 Å². The fourth-order valence-electron chi connectivity index (χ4n) is 11.5. The van der Waals surface area contributed by atoms with Gasteiger partial charge in [-0.05, 0) is 79.5 Å². The molecule has 0 saturated heterocycles. The van der Waals surface area contributed by atoms with Crippen LogP contribution in [0.15, 0.2) is 91.0 Å². The lowest BCUT2D eigenvalue weighted by atomic mass is 10.1. The lowest BCUT2D eigenvalue weighted by Gasteiger charge is -2.33. The number of hydrogen-bond acceptors (Lipinski definition) is 19. The van der Waals surface area contributed by atoms with E-state index in [1.54, 1.807) is 0 Å². The molecule has 0 bridgehead atoms. The van der Waals surface area contributed by atoms with Gasteiger partial charge in [0, 0.05) is 115 Å². The van der Waals surface area contributed by atoms with E-state index < -0.39 is 130 Å². The number of hydrogen-bond donors (Lipinski definition) is 2. The van der Waals surface area contributed by atoms with Gasteiger partial charge in [0.05, 0.1) is 118 Å². The largest absolute Gasteiger partial charge is 0.383 e. The molecule has 0 aliphatic rings. The minimum atomic E-state index is -0.762. The van der Waals surface area contributed by atoms with E-state index in [0.717, 1.165) is 23.1 Å². The van der Waals surface area contributed by atoms with Crippen LogP contribution in [0.2, 0.25) is 0 Å². The van der Waals surface area contributed by atoms with Crippen LogP contribution >= 0.6 is 0 Å². The zero-order valence-electron chi connectivity index (χ0n) is 68.7. The van der Waals surface area contributed by atoms with E-state index in [9.17, 15) is 52.7 Å². The first-order valence-electron chi connectivity index (χ1n) is 38.8. The van der Waals surface area contributed by atoms with Gasteiger partial charge in [0.15, 0.2) is 0 Å². The Bertz CT molecular complexity index is 3290. The van der Waals surface area contributed by atoms with Gasteiger partial charge in [-0.15, -0.1) is 0 Å². The third-order valence-electron chi connectivity index (χ3n) is 18.5. The van der Waals surface area contributed by atoms with Crippen LogP contribution in [0.4, 0.5) is 0 Å². The lowest BCUT2D eigenvalue weighted by molar-refractivity contribution is -0.149. The lowest BCUT2D eigenvalue weighted by Crippen LogP contribution is -2.54. The number of methoxy groups -OCH3 is 6. The number of amides is 12. The van der Waals surface area contributed by atoms with E-state index in [-0.39, 0.29) is 149 Å². The molecule has 0 aliphatic heterocycles. The minimum Gasteiger partial charge on any atom is -0.383 e. The minimum absolute atomic E-state index is 0.000172. The highest BCUT2D eigenvalue weighted by Gasteiger charge is 2.34. The van der Waals surface area contributed by atoms with Crippen LogP contribution < -0.4 is 11.1 Å². The second-order valence-corrected chi connectivity index (χ2v) is 28.8. The SMILES string of the molecule is COCCN(CC(N)=O)C(=O)CN(CCc1ccccc1)C(=O)CN(CCOC)C(=O)CN(CCC(C)C)C(=O)CN(CCOC)C(=O)CN(CCc1ccccc1)C(=O)CN(CCOC)C(=O)CN(CCC(C)C)C(=O)CN(CCOC)C(=O)CN(CCc1ccccc1)C(=O)CN(CCOC)C(=O)CNCCC(C)C. The van der Waals surface area contributed by atoms with Gasteiger partial charge in [0.2, 0.25) is 70.9 Å². The van der Waals surface area contributed by atoms with Gasteiger partial charge in [0.1, 0.15) is 0 Å². The highest BCUT2D eigenvalue weighted by Crippen LogP contribution is 2.14. The molecule has 0 heterocycles. The van der Waals surface area contributed by atoms with Crippen molar-refractivity contribution in [2.75, 3.05) is 239 Å². The predicted molar refractivity (Wildman–Crippen MR) is 425 cm³/mol. The Hall–Kier alpha value is -8.98. The molecule has 0 aliphatic carbocycles. The summed E-state index contributed by atoms with van der Waals surface area (Å²) in [7, 11) is 8.67. The van der Waals surface area contributed by atoms with Crippen LogP contribution in [0.25, 0.3) is 0 Å². The summed E-state index contributed by atoms with van der Waals surface area (Å²) in [5.41, 5.74) is 8.12. The summed E-state index contributed by atoms with van der Waals surface area (Å²) in [5, 5.41) is 3.17. The number of carbonyl (C=O) groups is 12. The molecule has 12 amide bonds. The Morgan fingerprint density at radius 1 is 0.277 bits per heavy atom. The number of carbonyl (C=O) groups excluding carboxylic acids is 12. The molecule has 0 aromatic heterocycles. The van der Waals surface area contributed by atoms with Gasteiger partial charge in [-0.25, -0.2) is 0 Å². The molecule has 3 aromatic rings. The van der Waals surface area contributed by atoms with Crippen LogP contribution in [0.5, 0.6) is 0 Å². The molecule has 112 heavy (non-hydrogen) atoms. The number of primary amides is 1. The van der Waals surface area contributed by atoms with Crippen molar-refractivity contribution in [1.82, 2.24) is 59.2 Å². The first-order valence-corrected chi connectivity index (χ1v) is 38.8. The average molecular weight is 1570 g/mol. The molecular formula is C81H129N13O18. The number of rotatable bonds is 60. The van der Waals surface area contributed by atoms with Gasteiger partial charge in [0.25, 0.3) is 0 Å². The maximum Gasteiger partial charge on any atom is 0.242 e. The number of nitrogens with two attached hydrogens (primary N) is 1. The molecule has 3 N–H and O–H groups in total. The first-order chi connectivity index (χ1) is 53.7. The molecular weight excluding hydrogens is 1440 g/mol. The Morgan fingerprint density at radius 3 is 0.679 bits per heavy atom. The molecule has 626 valence electrons. The molecule has 0 fully saturated rings. The van der Waals surface area contributed by atoms with E-state index >= 15 is 4.79 Å². The van der Waals surface area contributed by atoms with Gasteiger partial charge < -0.3 is 93.4 Å². The van der Waals surface area contributed by atoms with Crippen molar-refractivity contribution in [3.05, 3.63) is 108 Å². The average Bonchev–Trinajstić information content (AvgIpc) is 0.864. The number of ether oxygens (including phenoxy) is 6. The van der Waals surface area contributed by atoms with E-state index in [0.29, 0.717) is 38.1 Å². The zero-order valence-corrected chi connectivity index (χ0v) is 68.7. The summed E-state index contributed by atoms with van der Waals surface area (Å²) in [4.78, 5) is 187. The van der Waals surface area contributed by atoms with Crippen molar-refractivity contribution in [2.45, 2.75) is 80.1 Å². The predicted octanol–water partition coefficient (Wildman–Crippen LogP) is 1.92. The van der Waals surface area contributed by atoms with E-state index in [1.807, 2.05) is 119 Å². The smallest absolute Gasteiger partial charge is 0.242 e. The van der Waals surface area contributed by atoms with Crippen molar-refractivity contribution in [3.63, 3.8) is 0 Å². The second-order valence-electron chi connectivity index (χ2n) is 28.8. The van der Waals surface area contributed by atoms with Gasteiger partial charge in [-0.2, -0.15) is 0 Å². The maximum atomic E-state index is 15.1. The molecule has 0 spiro atoms. The summed E-state index contributed by atoms with van der Waals surface area (Å²) < 4.78 is 32.2. The molecule has 3 rings (SSSR count). The number of nitrogens with zero attached hydrogens (tertiary/aromatic N) is 11. The summed E-state index contributed by atoms with van der Waals surface area (Å²) in [5.74, 6) is -6.61. The van der Waals surface area contributed by atoms with Crippen molar-refractivity contribution in [3.8, 4) is 0 Å². The zero-order chi connectivity index (χ0) is 82.8. The summed E-state index contributed by atoms with van der Waals surface area (Å²) in [6.07, 6.45) is 2.73. The fourth-order valence-corrected chi connectivity index (χ4v) is 11.5. The molecule has 0 saturated carbocycles. The molecule has 3 aromatic carbocycles. The molecule has 0 unspecified atom stereocenters. The normalized spacial score (nSPS) is 11.1. The van der Waals surface area contributed by atoms with Crippen molar-refractivity contribution in [2.24, 2.45) is 23.5 Å². The summed E-state index contributed by atoms with van der Waals surface area (Å²) >= 11 is 0. The van der Waals surface area contributed by atoms with E-state index in [2.05, 4.69) is 19.2 Å². The summed E-state index contributed by atoms with van der Waals surface area (Å²) in [6, 6.07) is 27.9. The highest BCUT2D eigenvalue weighted by atomic mass is 16.5. The Balaban J connectivity index is 2.00. The van der Waals surface area contributed by atoms with Crippen molar-refractivity contribution >= 4 is 70.9 Å². The quantitative estimate of drug-likeness (QED) is 0.0762. The van der Waals surface area contributed by atoms with E-state index in [4.69, 9.17) is 34.2 Å². The molecule has 31 heteroatoms. The van der Waals surface area contributed by atoms with Crippen LogP contribution in [0, 0.1) is 17.8 Å². The van der Waals surface area contributed by atoms with Crippen LogP contribution in [0.1, 0.15) is 77.5 Å². The van der Waals surface area contributed by atoms with Crippen LogP contribution in [0.3, 0.4) is 0 Å². The Labute approximate surface area is 663 Å². The van der Waals surface area contributed by atoms with E-state index in [1.165, 1.54) is 96.6 Å². The number of nitrogens with one attached hydrogen (secondary N) is 1.